The summed E-state index contributed by atoms with van der Waals surface area (Å²) in [6.07, 6.45) is -6.71. The second-order valence-corrected chi connectivity index (χ2v) is 6.52. The normalized spacial score (nSPS) is 30.1. The summed E-state index contributed by atoms with van der Waals surface area (Å²) in [5.41, 5.74) is 0.993. The molecule has 1 heterocycles. The summed E-state index contributed by atoms with van der Waals surface area (Å²) in [5.74, 6) is -2.49. The zero-order valence-electron chi connectivity index (χ0n) is 14.5. The highest BCUT2D eigenvalue weighted by Gasteiger charge is 2.47. The average Bonchev–Trinajstić information content (AvgIpc) is 2.56. The molecule has 1 saturated heterocycles. The molecule has 1 aromatic carbocycles. The van der Waals surface area contributed by atoms with Crippen LogP contribution in [0.5, 0.6) is 0 Å². The summed E-state index contributed by atoms with van der Waals surface area (Å²) >= 11 is 0. The fourth-order valence-electron chi connectivity index (χ4n) is 2.85. The van der Waals surface area contributed by atoms with Gasteiger partial charge in [-0.15, -0.1) is 0 Å². The van der Waals surface area contributed by atoms with E-state index in [1.165, 1.54) is 0 Å². The van der Waals surface area contributed by atoms with Crippen LogP contribution in [0, 0.1) is 17.8 Å². The van der Waals surface area contributed by atoms with E-state index in [1.54, 1.807) is 6.92 Å². The fourth-order valence-corrected chi connectivity index (χ4v) is 2.85. The topological polar surface area (TPSA) is 44.8 Å². The predicted octanol–water partition coefficient (Wildman–Crippen LogP) is 3.94. The molecule has 2 rings (SSSR count). The number of carbonyl (C=O) groups is 1. The van der Waals surface area contributed by atoms with Crippen molar-refractivity contribution in [1.82, 2.24) is 0 Å². The Bertz CT molecular complexity index is 561. The highest BCUT2D eigenvalue weighted by atomic mass is 19.4. The van der Waals surface area contributed by atoms with Crippen molar-refractivity contribution in [1.29, 1.82) is 0 Å². The van der Waals surface area contributed by atoms with Crippen LogP contribution in [0.3, 0.4) is 0 Å². The van der Waals surface area contributed by atoms with E-state index in [0.717, 1.165) is 5.56 Å². The van der Waals surface area contributed by atoms with Gasteiger partial charge in [-0.3, -0.25) is 0 Å². The van der Waals surface area contributed by atoms with E-state index in [2.05, 4.69) is 4.74 Å². The highest BCUT2D eigenvalue weighted by Crippen LogP contribution is 2.36. The van der Waals surface area contributed by atoms with E-state index in [-0.39, 0.29) is 24.4 Å². The Morgan fingerprint density at radius 2 is 1.72 bits per heavy atom. The van der Waals surface area contributed by atoms with Crippen molar-refractivity contribution in [3.05, 3.63) is 35.9 Å². The maximum atomic E-state index is 12.4. The third-order valence-electron chi connectivity index (χ3n) is 4.83. The number of benzene rings is 1. The lowest BCUT2D eigenvalue weighted by Gasteiger charge is -2.42. The number of rotatable bonds is 5. The van der Waals surface area contributed by atoms with Gasteiger partial charge in [0, 0.05) is 5.92 Å². The minimum Gasteiger partial charge on any atom is -0.429 e. The Hall–Kier alpha value is -1.60. The lowest BCUT2D eigenvalue weighted by atomic mass is 9.79. The molecule has 5 atom stereocenters. The molecule has 0 bridgehead atoms. The predicted molar refractivity (Wildman–Crippen MR) is 84.4 cm³/mol. The van der Waals surface area contributed by atoms with Crippen LogP contribution in [-0.4, -0.2) is 31.1 Å². The van der Waals surface area contributed by atoms with Crippen molar-refractivity contribution in [3.8, 4) is 0 Å². The van der Waals surface area contributed by atoms with Crippen molar-refractivity contribution >= 4 is 5.97 Å². The van der Waals surface area contributed by atoms with E-state index in [9.17, 15) is 18.0 Å². The molecule has 1 fully saturated rings. The number of esters is 1. The van der Waals surface area contributed by atoms with Gasteiger partial charge in [-0.2, -0.15) is 13.2 Å². The molecular formula is C18H23F3O4. The Labute approximate surface area is 145 Å². The van der Waals surface area contributed by atoms with Crippen LogP contribution < -0.4 is 0 Å². The molecule has 4 nitrogen and oxygen atoms in total. The second kappa shape index (κ2) is 8.19. The Morgan fingerprint density at radius 1 is 1.08 bits per heavy atom. The third-order valence-corrected chi connectivity index (χ3v) is 4.83. The molecular weight excluding hydrogens is 337 g/mol. The van der Waals surface area contributed by atoms with Crippen LogP contribution in [0.1, 0.15) is 26.3 Å². The molecule has 1 aromatic rings. The Kier molecular flexibility index (Phi) is 6.46. The van der Waals surface area contributed by atoms with Crippen molar-refractivity contribution in [2.24, 2.45) is 17.8 Å². The summed E-state index contributed by atoms with van der Waals surface area (Å²) in [7, 11) is 0. The monoisotopic (exact) mass is 360 g/mol. The van der Waals surface area contributed by atoms with Crippen LogP contribution in [0.2, 0.25) is 0 Å². The number of ether oxygens (including phenoxy) is 3. The average molecular weight is 360 g/mol. The SMILES string of the molecule is CC1C(COCc2ccccc2)OC(OC(=O)C(F)(F)F)C(C)C1C. The van der Waals surface area contributed by atoms with E-state index < -0.39 is 24.5 Å². The maximum Gasteiger partial charge on any atom is 0.491 e. The molecule has 0 N–H and O–H groups in total. The first kappa shape index (κ1) is 19.7. The standard InChI is InChI=1S/C18H23F3O4/c1-11-12(2)15(10-23-9-14-7-5-4-6-8-14)24-16(13(11)3)25-17(22)18(19,20)21/h4-8,11-13,15-16H,9-10H2,1-3H3. The quantitative estimate of drug-likeness (QED) is 0.746. The molecule has 0 aromatic heterocycles. The van der Waals surface area contributed by atoms with Crippen LogP contribution in [0.4, 0.5) is 13.2 Å². The molecule has 0 amide bonds. The second-order valence-electron chi connectivity index (χ2n) is 6.52. The van der Waals surface area contributed by atoms with Crippen LogP contribution >= 0.6 is 0 Å². The molecule has 0 spiro atoms. The van der Waals surface area contributed by atoms with Crippen molar-refractivity contribution in [2.45, 2.75) is 45.9 Å². The molecule has 1 aliphatic rings. The minimum atomic E-state index is -5.03. The molecule has 25 heavy (non-hydrogen) atoms. The molecule has 5 unspecified atom stereocenters. The van der Waals surface area contributed by atoms with Gasteiger partial charge >= 0.3 is 12.1 Å². The van der Waals surface area contributed by atoms with Crippen molar-refractivity contribution in [3.63, 3.8) is 0 Å². The first-order valence-corrected chi connectivity index (χ1v) is 8.25. The maximum absolute atomic E-state index is 12.4. The summed E-state index contributed by atoms with van der Waals surface area (Å²) in [6, 6.07) is 9.54. The van der Waals surface area contributed by atoms with Gasteiger partial charge in [0.1, 0.15) is 0 Å². The van der Waals surface area contributed by atoms with E-state index >= 15 is 0 Å². The Morgan fingerprint density at radius 3 is 2.32 bits per heavy atom. The van der Waals surface area contributed by atoms with Crippen LogP contribution in [0.15, 0.2) is 30.3 Å². The van der Waals surface area contributed by atoms with Gasteiger partial charge in [0.05, 0.1) is 19.3 Å². The number of halogens is 3. The fraction of sp³-hybridized carbons (Fsp3) is 0.611. The lowest BCUT2D eigenvalue weighted by Crippen LogP contribution is -2.49. The van der Waals surface area contributed by atoms with Crippen LogP contribution in [-0.2, 0) is 25.6 Å². The molecule has 1 aliphatic heterocycles. The largest absolute Gasteiger partial charge is 0.491 e. The summed E-state index contributed by atoms with van der Waals surface area (Å²) in [6.45, 7) is 6.18. The zero-order valence-corrected chi connectivity index (χ0v) is 14.5. The van der Waals surface area contributed by atoms with Gasteiger partial charge in [0.2, 0.25) is 6.29 Å². The number of alkyl halides is 3. The molecule has 0 saturated carbocycles. The van der Waals surface area contributed by atoms with Gasteiger partial charge in [0.25, 0.3) is 0 Å². The van der Waals surface area contributed by atoms with E-state index in [0.29, 0.717) is 6.61 Å². The number of hydrogen-bond donors (Lipinski definition) is 0. The Balaban J connectivity index is 1.94. The first-order valence-electron chi connectivity index (χ1n) is 8.25. The number of hydrogen-bond acceptors (Lipinski definition) is 4. The molecule has 140 valence electrons. The van der Waals surface area contributed by atoms with Gasteiger partial charge in [-0.25, -0.2) is 4.79 Å². The zero-order chi connectivity index (χ0) is 18.6. The smallest absolute Gasteiger partial charge is 0.429 e. The lowest BCUT2D eigenvalue weighted by molar-refractivity contribution is -0.270. The van der Waals surface area contributed by atoms with E-state index in [1.807, 2.05) is 44.2 Å². The highest BCUT2D eigenvalue weighted by molar-refractivity contribution is 5.75. The van der Waals surface area contributed by atoms with Crippen molar-refractivity contribution in [2.75, 3.05) is 6.61 Å². The summed E-state index contributed by atoms with van der Waals surface area (Å²) in [5, 5.41) is 0. The van der Waals surface area contributed by atoms with Crippen molar-refractivity contribution < 1.29 is 32.2 Å². The van der Waals surface area contributed by atoms with Gasteiger partial charge in [-0.05, 0) is 17.4 Å². The summed E-state index contributed by atoms with van der Waals surface area (Å²) in [4.78, 5) is 11.1. The van der Waals surface area contributed by atoms with Gasteiger partial charge in [-0.1, -0.05) is 51.1 Å². The molecule has 0 aliphatic carbocycles. The molecule has 0 radical (unpaired) electrons. The van der Waals surface area contributed by atoms with Gasteiger partial charge in [0.15, 0.2) is 0 Å². The van der Waals surface area contributed by atoms with Gasteiger partial charge < -0.3 is 14.2 Å². The third kappa shape index (κ3) is 5.19. The van der Waals surface area contributed by atoms with Crippen LogP contribution in [0.25, 0.3) is 0 Å². The first-order chi connectivity index (χ1) is 11.7. The van der Waals surface area contributed by atoms with E-state index in [4.69, 9.17) is 9.47 Å². The summed E-state index contributed by atoms with van der Waals surface area (Å²) < 4.78 is 53.1. The minimum absolute atomic E-state index is 0.0186. The molecule has 7 heteroatoms. The number of carbonyl (C=O) groups excluding carboxylic acids is 1.